The van der Waals surface area contributed by atoms with Crippen LogP contribution < -0.4 is 10.6 Å². The summed E-state index contributed by atoms with van der Waals surface area (Å²) in [6.07, 6.45) is 1.54. The summed E-state index contributed by atoms with van der Waals surface area (Å²) in [4.78, 5) is 28.9. The van der Waals surface area contributed by atoms with Crippen LogP contribution >= 0.6 is 39.1 Å². The molecular weight excluding hydrogens is 469 g/mol. The van der Waals surface area contributed by atoms with Crippen molar-refractivity contribution in [1.29, 1.82) is 0 Å². The van der Waals surface area contributed by atoms with Gasteiger partial charge in [0.2, 0.25) is 5.91 Å². The van der Waals surface area contributed by atoms with Crippen LogP contribution in [0.25, 0.3) is 5.82 Å². The van der Waals surface area contributed by atoms with Gasteiger partial charge in [0.25, 0.3) is 5.91 Å². The molecule has 0 aliphatic carbocycles. The smallest absolute Gasteiger partial charge is 0.270 e. The Morgan fingerprint density at radius 3 is 2.68 bits per heavy atom. The molecule has 0 bridgehead atoms. The number of rotatable bonds is 5. The van der Waals surface area contributed by atoms with Gasteiger partial charge in [-0.15, -0.1) is 0 Å². The van der Waals surface area contributed by atoms with Crippen LogP contribution in [-0.2, 0) is 4.79 Å². The molecular formula is C18H14BrCl2N5O2. The third kappa shape index (κ3) is 4.70. The lowest BCUT2D eigenvalue weighted by Crippen LogP contribution is -2.34. The van der Waals surface area contributed by atoms with E-state index in [0.717, 1.165) is 5.56 Å². The number of hydrogen-bond donors (Lipinski definition) is 2. The van der Waals surface area contributed by atoms with Crippen LogP contribution in [0.1, 0.15) is 16.1 Å². The van der Waals surface area contributed by atoms with Crippen molar-refractivity contribution >= 4 is 56.6 Å². The third-order valence-electron chi connectivity index (χ3n) is 3.66. The van der Waals surface area contributed by atoms with Crippen LogP contribution in [0.2, 0.25) is 10.0 Å². The number of carbonyl (C=O) groups excluding carboxylic acids is 2. The highest BCUT2D eigenvalue weighted by molar-refractivity contribution is 9.10. The zero-order chi connectivity index (χ0) is 20.3. The van der Waals surface area contributed by atoms with Crippen LogP contribution in [0.5, 0.6) is 0 Å². The number of amides is 2. The molecule has 3 aromatic rings. The molecule has 2 aromatic heterocycles. The fraction of sp³-hybridized carbons (Fsp3) is 0.111. The summed E-state index contributed by atoms with van der Waals surface area (Å²) in [5.41, 5.74) is 1.62. The largest absolute Gasteiger partial charge is 0.342 e. The van der Waals surface area contributed by atoms with Crippen LogP contribution in [0, 0.1) is 6.92 Å². The number of carbonyl (C=O) groups is 2. The number of halogens is 3. The highest BCUT2D eigenvalue weighted by Gasteiger charge is 2.19. The molecule has 7 nitrogen and oxygen atoms in total. The first-order valence-electron chi connectivity index (χ1n) is 8.06. The van der Waals surface area contributed by atoms with Crippen molar-refractivity contribution < 1.29 is 9.59 Å². The Hall–Kier alpha value is -2.42. The van der Waals surface area contributed by atoms with Crippen molar-refractivity contribution in [2.24, 2.45) is 0 Å². The van der Waals surface area contributed by atoms with E-state index in [1.54, 1.807) is 24.3 Å². The highest BCUT2D eigenvalue weighted by Crippen LogP contribution is 2.23. The molecule has 2 amide bonds. The molecule has 10 heteroatoms. The Labute approximate surface area is 179 Å². The molecule has 0 fully saturated rings. The molecule has 0 spiro atoms. The number of benzene rings is 1. The second-order valence-corrected chi connectivity index (χ2v) is 7.41. The molecule has 0 saturated heterocycles. The Bertz CT molecular complexity index is 1050. The highest BCUT2D eigenvalue weighted by atomic mass is 79.9. The Kier molecular flexibility index (Phi) is 6.33. The molecule has 0 unspecified atom stereocenters. The van der Waals surface area contributed by atoms with Crippen LogP contribution in [0.4, 0.5) is 5.69 Å². The van der Waals surface area contributed by atoms with E-state index >= 15 is 0 Å². The minimum atomic E-state index is -0.509. The van der Waals surface area contributed by atoms with E-state index in [9.17, 15) is 9.59 Å². The first-order valence-corrected chi connectivity index (χ1v) is 9.60. The summed E-state index contributed by atoms with van der Waals surface area (Å²) in [5, 5.41) is 10.1. The van der Waals surface area contributed by atoms with E-state index in [0.29, 0.717) is 26.2 Å². The summed E-state index contributed by atoms with van der Waals surface area (Å²) in [7, 11) is 0. The molecule has 1 aromatic carbocycles. The van der Waals surface area contributed by atoms with Gasteiger partial charge in [-0.2, -0.15) is 5.10 Å². The zero-order valence-corrected chi connectivity index (χ0v) is 17.6. The van der Waals surface area contributed by atoms with Gasteiger partial charge in [-0.3, -0.25) is 9.59 Å². The van der Waals surface area contributed by atoms with Crippen molar-refractivity contribution in [3.63, 3.8) is 0 Å². The molecule has 0 saturated carbocycles. The lowest BCUT2D eigenvalue weighted by molar-refractivity contribution is -0.115. The van der Waals surface area contributed by atoms with E-state index in [1.807, 2.05) is 13.0 Å². The van der Waals surface area contributed by atoms with E-state index in [-0.39, 0.29) is 12.2 Å². The van der Waals surface area contributed by atoms with E-state index < -0.39 is 11.8 Å². The fourth-order valence-electron chi connectivity index (χ4n) is 2.38. The average Bonchev–Trinajstić information content (AvgIpc) is 3.04. The molecule has 0 atom stereocenters. The Balaban J connectivity index is 1.70. The lowest BCUT2D eigenvalue weighted by Gasteiger charge is -2.10. The number of nitrogens with zero attached hydrogens (tertiary/aromatic N) is 3. The van der Waals surface area contributed by atoms with Gasteiger partial charge in [0, 0.05) is 12.3 Å². The Morgan fingerprint density at radius 2 is 1.96 bits per heavy atom. The fourth-order valence-corrected chi connectivity index (χ4v) is 3.24. The third-order valence-corrected chi connectivity index (χ3v) is 4.66. The number of anilines is 1. The van der Waals surface area contributed by atoms with E-state index in [4.69, 9.17) is 23.2 Å². The maximum absolute atomic E-state index is 12.6. The van der Waals surface area contributed by atoms with Crippen molar-refractivity contribution in [3.8, 4) is 5.82 Å². The van der Waals surface area contributed by atoms with Crippen molar-refractivity contribution in [2.45, 2.75) is 6.92 Å². The molecule has 144 valence electrons. The van der Waals surface area contributed by atoms with Crippen LogP contribution in [-0.4, -0.2) is 33.1 Å². The second kappa shape index (κ2) is 8.72. The first-order chi connectivity index (χ1) is 13.3. The summed E-state index contributed by atoms with van der Waals surface area (Å²) in [5.74, 6) is -0.624. The van der Waals surface area contributed by atoms with Gasteiger partial charge in [-0.05, 0) is 52.7 Å². The quantitative estimate of drug-likeness (QED) is 0.574. The second-order valence-electron chi connectivity index (χ2n) is 5.79. The number of hydrogen-bond acceptors (Lipinski definition) is 4. The summed E-state index contributed by atoms with van der Waals surface area (Å²) in [6.45, 7) is 1.65. The maximum atomic E-state index is 12.6. The zero-order valence-electron chi connectivity index (χ0n) is 14.5. The van der Waals surface area contributed by atoms with Gasteiger partial charge < -0.3 is 10.6 Å². The van der Waals surface area contributed by atoms with Gasteiger partial charge in [0.15, 0.2) is 5.82 Å². The van der Waals surface area contributed by atoms with Crippen LogP contribution in [0.3, 0.4) is 0 Å². The SMILES string of the molecule is Cc1ccc(NC(=O)CNC(=O)c2cc(Br)nn2-c2ncccc2Cl)c(Cl)c1. The molecule has 0 radical (unpaired) electrons. The number of pyridine rings is 1. The van der Waals surface area contributed by atoms with Crippen LogP contribution in [0.15, 0.2) is 47.2 Å². The predicted molar refractivity (Wildman–Crippen MR) is 111 cm³/mol. The van der Waals surface area contributed by atoms with Crippen molar-refractivity contribution in [2.75, 3.05) is 11.9 Å². The lowest BCUT2D eigenvalue weighted by atomic mass is 10.2. The first kappa shape index (κ1) is 20.3. The van der Waals surface area contributed by atoms with Gasteiger partial charge in [0.1, 0.15) is 10.3 Å². The van der Waals surface area contributed by atoms with Crippen molar-refractivity contribution in [3.05, 3.63) is 68.5 Å². The molecule has 3 rings (SSSR count). The predicted octanol–water partition coefficient (Wildman–Crippen LogP) is 4.01. The molecule has 2 N–H and O–H groups in total. The maximum Gasteiger partial charge on any atom is 0.270 e. The number of nitrogens with one attached hydrogen (secondary N) is 2. The monoisotopic (exact) mass is 481 g/mol. The average molecular weight is 483 g/mol. The summed E-state index contributed by atoms with van der Waals surface area (Å²) in [6, 6.07) is 10.1. The standard InChI is InChI=1S/C18H14BrCl2N5O2/c1-10-4-5-13(12(21)7-10)24-16(27)9-23-18(28)14-8-15(19)25-26(14)17-11(20)3-2-6-22-17/h2-8H,9H2,1H3,(H,23,28)(H,24,27). The topological polar surface area (TPSA) is 88.9 Å². The number of aromatic nitrogens is 3. The minimum Gasteiger partial charge on any atom is -0.342 e. The molecule has 0 aliphatic rings. The Morgan fingerprint density at radius 1 is 1.18 bits per heavy atom. The summed E-state index contributed by atoms with van der Waals surface area (Å²) < 4.78 is 1.73. The molecule has 28 heavy (non-hydrogen) atoms. The van der Waals surface area contributed by atoms with Gasteiger partial charge >= 0.3 is 0 Å². The van der Waals surface area contributed by atoms with Gasteiger partial charge in [-0.1, -0.05) is 29.3 Å². The minimum absolute atomic E-state index is 0.175. The van der Waals surface area contributed by atoms with Crippen molar-refractivity contribution in [1.82, 2.24) is 20.1 Å². The van der Waals surface area contributed by atoms with Gasteiger partial charge in [-0.25, -0.2) is 9.67 Å². The molecule has 2 heterocycles. The van der Waals surface area contributed by atoms with E-state index in [2.05, 4.69) is 36.6 Å². The van der Waals surface area contributed by atoms with Gasteiger partial charge in [0.05, 0.1) is 22.3 Å². The summed E-state index contributed by atoms with van der Waals surface area (Å²) >= 11 is 15.5. The molecule has 0 aliphatic heterocycles. The number of aryl methyl sites for hydroxylation is 1. The van der Waals surface area contributed by atoms with E-state index in [1.165, 1.54) is 16.9 Å². The normalized spacial score (nSPS) is 10.6.